The van der Waals surface area contributed by atoms with Gasteiger partial charge < -0.3 is 15.0 Å². The van der Waals surface area contributed by atoms with Crippen LogP contribution in [0.25, 0.3) is 0 Å². The zero-order valence-electron chi connectivity index (χ0n) is 10.2. The molecule has 2 fully saturated rings. The summed E-state index contributed by atoms with van der Waals surface area (Å²) in [5, 5.41) is 3.31. The van der Waals surface area contributed by atoms with Crippen molar-refractivity contribution in [2.24, 2.45) is 0 Å². The molecule has 0 saturated carbocycles. The lowest BCUT2D eigenvalue weighted by Gasteiger charge is -2.38. The van der Waals surface area contributed by atoms with Crippen molar-refractivity contribution < 1.29 is 9.53 Å². The number of nitrogens with zero attached hydrogens (tertiary/aromatic N) is 1. The standard InChI is InChI=1S/C12H22N2O2/c1-9-7-14(8-10(2)16-9)12(15)11-5-3-4-6-13-11/h9-11,13H,3-8H2,1-2H3/t9-,10+,11-/m1/s1. The smallest absolute Gasteiger partial charge is 0.239 e. The summed E-state index contributed by atoms with van der Waals surface area (Å²) in [6.45, 7) is 6.52. The maximum atomic E-state index is 12.3. The molecule has 0 bridgehead atoms. The van der Waals surface area contributed by atoms with Crippen LogP contribution in [0.4, 0.5) is 0 Å². The van der Waals surface area contributed by atoms with Crippen LogP contribution in [0.1, 0.15) is 33.1 Å². The van der Waals surface area contributed by atoms with E-state index in [4.69, 9.17) is 4.74 Å². The lowest BCUT2D eigenvalue weighted by atomic mass is 10.0. The third kappa shape index (κ3) is 2.74. The Kier molecular flexibility index (Phi) is 3.82. The average Bonchev–Trinajstić information content (AvgIpc) is 2.28. The number of piperidine rings is 1. The minimum Gasteiger partial charge on any atom is -0.372 e. The van der Waals surface area contributed by atoms with E-state index in [1.807, 2.05) is 18.7 Å². The third-order valence-corrected chi connectivity index (χ3v) is 3.34. The van der Waals surface area contributed by atoms with Gasteiger partial charge in [0.05, 0.1) is 18.2 Å². The number of amides is 1. The number of nitrogens with one attached hydrogen (secondary N) is 1. The van der Waals surface area contributed by atoms with Crippen LogP contribution in [0, 0.1) is 0 Å². The van der Waals surface area contributed by atoms with Crippen molar-refractivity contribution in [1.82, 2.24) is 10.2 Å². The minimum absolute atomic E-state index is 0.0475. The van der Waals surface area contributed by atoms with Crippen molar-refractivity contribution in [3.63, 3.8) is 0 Å². The Balaban J connectivity index is 1.92. The molecular weight excluding hydrogens is 204 g/mol. The van der Waals surface area contributed by atoms with Gasteiger partial charge in [-0.15, -0.1) is 0 Å². The van der Waals surface area contributed by atoms with Crippen molar-refractivity contribution in [3.05, 3.63) is 0 Å². The summed E-state index contributed by atoms with van der Waals surface area (Å²) in [7, 11) is 0. The monoisotopic (exact) mass is 226 g/mol. The summed E-state index contributed by atoms with van der Waals surface area (Å²) < 4.78 is 5.64. The molecule has 0 radical (unpaired) electrons. The Hall–Kier alpha value is -0.610. The quantitative estimate of drug-likeness (QED) is 0.718. The number of hydrogen-bond acceptors (Lipinski definition) is 3. The highest BCUT2D eigenvalue weighted by atomic mass is 16.5. The van der Waals surface area contributed by atoms with E-state index in [2.05, 4.69) is 5.32 Å². The zero-order valence-corrected chi connectivity index (χ0v) is 10.2. The van der Waals surface area contributed by atoms with E-state index < -0.39 is 0 Å². The summed E-state index contributed by atoms with van der Waals surface area (Å²) in [4.78, 5) is 14.2. The van der Waals surface area contributed by atoms with Crippen molar-refractivity contribution in [3.8, 4) is 0 Å². The van der Waals surface area contributed by atoms with Crippen molar-refractivity contribution in [2.45, 2.75) is 51.4 Å². The van der Waals surface area contributed by atoms with Crippen LogP contribution >= 0.6 is 0 Å². The van der Waals surface area contributed by atoms with Gasteiger partial charge in [0.25, 0.3) is 0 Å². The third-order valence-electron chi connectivity index (χ3n) is 3.34. The first kappa shape index (κ1) is 11.9. The van der Waals surface area contributed by atoms with Gasteiger partial charge in [-0.05, 0) is 33.2 Å². The first-order chi connectivity index (χ1) is 7.66. The number of hydrogen-bond donors (Lipinski definition) is 1. The van der Waals surface area contributed by atoms with Gasteiger partial charge in [-0.3, -0.25) is 4.79 Å². The van der Waals surface area contributed by atoms with Crippen molar-refractivity contribution in [1.29, 1.82) is 0 Å². The van der Waals surface area contributed by atoms with Gasteiger partial charge in [0.15, 0.2) is 0 Å². The molecule has 0 spiro atoms. The highest BCUT2D eigenvalue weighted by molar-refractivity contribution is 5.82. The van der Waals surface area contributed by atoms with E-state index in [-0.39, 0.29) is 24.2 Å². The second-order valence-electron chi connectivity index (χ2n) is 5.00. The van der Waals surface area contributed by atoms with Crippen LogP contribution < -0.4 is 5.32 Å². The Labute approximate surface area is 97.3 Å². The Morgan fingerprint density at radius 2 is 1.94 bits per heavy atom. The molecule has 0 aromatic heterocycles. The van der Waals surface area contributed by atoms with E-state index in [1.54, 1.807) is 0 Å². The molecule has 4 nitrogen and oxygen atoms in total. The zero-order chi connectivity index (χ0) is 11.5. The SMILES string of the molecule is C[C@@H]1CN(C(=O)[C@H]2CCCCN2)C[C@H](C)O1. The predicted octanol–water partition coefficient (Wildman–Crippen LogP) is 0.764. The number of carbonyl (C=O) groups is 1. The predicted molar refractivity (Wildman–Crippen MR) is 62.2 cm³/mol. The van der Waals surface area contributed by atoms with Crippen LogP contribution in [0.5, 0.6) is 0 Å². The molecule has 2 saturated heterocycles. The van der Waals surface area contributed by atoms with Crippen LogP contribution in [0.3, 0.4) is 0 Å². The average molecular weight is 226 g/mol. The summed E-state index contributed by atoms with van der Waals surface area (Å²) in [5.74, 6) is 0.265. The molecule has 92 valence electrons. The van der Waals surface area contributed by atoms with Gasteiger partial charge in [0.2, 0.25) is 5.91 Å². The Morgan fingerprint density at radius 1 is 1.25 bits per heavy atom. The van der Waals surface area contributed by atoms with E-state index in [0.717, 1.165) is 26.1 Å². The van der Waals surface area contributed by atoms with Gasteiger partial charge in [0, 0.05) is 13.1 Å². The fourth-order valence-corrected chi connectivity index (χ4v) is 2.64. The molecule has 2 aliphatic heterocycles. The minimum atomic E-state index is 0.0475. The molecule has 1 amide bonds. The van der Waals surface area contributed by atoms with Crippen molar-refractivity contribution >= 4 is 5.91 Å². The van der Waals surface area contributed by atoms with E-state index >= 15 is 0 Å². The molecule has 1 N–H and O–H groups in total. The van der Waals surface area contributed by atoms with E-state index in [0.29, 0.717) is 0 Å². The fourth-order valence-electron chi connectivity index (χ4n) is 2.64. The molecule has 2 heterocycles. The van der Waals surface area contributed by atoms with Gasteiger partial charge in [-0.2, -0.15) is 0 Å². The van der Waals surface area contributed by atoms with Crippen LogP contribution in [0.2, 0.25) is 0 Å². The molecule has 0 aromatic carbocycles. The lowest BCUT2D eigenvalue weighted by Crippen LogP contribution is -2.55. The summed E-state index contributed by atoms with van der Waals surface area (Å²) >= 11 is 0. The first-order valence-corrected chi connectivity index (χ1v) is 6.34. The number of morpholine rings is 1. The molecule has 0 aliphatic carbocycles. The van der Waals surface area contributed by atoms with Crippen molar-refractivity contribution in [2.75, 3.05) is 19.6 Å². The van der Waals surface area contributed by atoms with E-state index in [1.165, 1.54) is 12.8 Å². The van der Waals surface area contributed by atoms with Gasteiger partial charge >= 0.3 is 0 Å². The maximum absolute atomic E-state index is 12.3. The van der Waals surface area contributed by atoms with Crippen LogP contribution in [-0.4, -0.2) is 48.7 Å². The van der Waals surface area contributed by atoms with Gasteiger partial charge in [-0.25, -0.2) is 0 Å². The Morgan fingerprint density at radius 3 is 2.50 bits per heavy atom. The fraction of sp³-hybridized carbons (Fsp3) is 0.917. The summed E-state index contributed by atoms with van der Waals surface area (Å²) in [6.07, 6.45) is 3.67. The molecular formula is C12H22N2O2. The molecule has 3 atom stereocenters. The number of rotatable bonds is 1. The molecule has 0 aromatic rings. The highest BCUT2D eigenvalue weighted by Gasteiger charge is 2.30. The first-order valence-electron chi connectivity index (χ1n) is 6.34. The molecule has 2 aliphatic rings. The molecule has 0 unspecified atom stereocenters. The number of carbonyl (C=O) groups excluding carboxylic acids is 1. The normalized spacial score (nSPS) is 36.1. The van der Waals surface area contributed by atoms with E-state index in [9.17, 15) is 4.79 Å². The highest BCUT2D eigenvalue weighted by Crippen LogP contribution is 2.15. The summed E-state index contributed by atoms with van der Waals surface area (Å²) in [5.41, 5.74) is 0. The maximum Gasteiger partial charge on any atom is 0.239 e. The largest absolute Gasteiger partial charge is 0.372 e. The summed E-state index contributed by atoms with van der Waals surface area (Å²) in [6, 6.07) is 0.0475. The molecule has 4 heteroatoms. The molecule has 2 rings (SSSR count). The van der Waals surface area contributed by atoms with Gasteiger partial charge in [-0.1, -0.05) is 6.42 Å². The second kappa shape index (κ2) is 5.15. The second-order valence-corrected chi connectivity index (χ2v) is 5.00. The topological polar surface area (TPSA) is 41.6 Å². The van der Waals surface area contributed by atoms with Crippen LogP contribution in [-0.2, 0) is 9.53 Å². The number of ether oxygens (including phenoxy) is 1. The molecule has 16 heavy (non-hydrogen) atoms. The van der Waals surface area contributed by atoms with Gasteiger partial charge in [0.1, 0.15) is 0 Å². The van der Waals surface area contributed by atoms with Crippen LogP contribution in [0.15, 0.2) is 0 Å². The lowest BCUT2D eigenvalue weighted by molar-refractivity contribution is -0.145. The Bertz CT molecular complexity index is 241.